The summed E-state index contributed by atoms with van der Waals surface area (Å²) in [4.78, 5) is 16.9. The number of rotatable bonds is 8. The van der Waals surface area contributed by atoms with Gasteiger partial charge in [-0.25, -0.2) is 8.42 Å². The standard InChI is InChI=1S/C25H20BrN3O4S/c26-19-8-4-9-20(14-19)33-21-11-12-24(29-34(31,32)22-10-5-13-27-17-22)23(15-21)25(30)28-16-18-6-2-1-3-7-18/h1-15,17,29H,16H2,(H,28,30). The average Bonchev–Trinajstić information content (AvgIpc) is 2.84. The van der Waals surface area contributed by atoms with Gasteiger partial charge in [-0.2, -0.15) is 0 Å². The third kappa shape index (κ3) is 6.00. The molecule has 0 saturated heterocycles. The summed E-state index contributed by atoms with van der Waals surface area (Å²) in [5.74, 6) is 0.494. The Morgan fingerprint density at radius 2 is 1.71 bits per heavy atom. The molecule has 0 aliphatic heterocycles. The number of carbonyl (C=O) groups is 1. The van der Waals surface area contributed by atoms with E-state index >= 15 is 0 Å². The molecule has 0 spiro atoms. The summed E-state index contributed by atoms with van der Waals surface area (Å²) in [6.07, 6.45) is 2.72. The van der Waals surface area contributed by atoms with Crippen molar-refractivity contribution in [3.8, 4) is 11.5 Å². The summed E-state index contributed by atoms with van der Waals surface area (Å²) in [6, 6.07) is 24.2. The van der Waals surface area contributed by atoms with Gasteiger partial charge in [0.05, 0.1) is 11.3 Å². The molecular weight excluding hydrogens is 518 g/mol. The molecule has 0 unspecified atom stereocenters. The largest absolute Gasteiger partial charge is 0.457 e. The Morgan fingerprint density at radius 1 is 0.912 bits per heavy atom. The summed E-state index contributed by atoms with van der Waals surface area (Å²) in [5, 5.41) is 2.83. The van der Waals surface area contributed by atoms with E-state index in [9.17, 15) is 13.2 Å². The van der Waals surface area contributed by atoms with Crippen molar-refractivity contribution in [2.75, 3.05) is 4.72 Å². The van der Waals surface area contributed by atoms with Gasteiger partial charge >= 0.3 is 0 Å². The predicted molar refractivity (Wildman–Crippen MR) is 133 cm³/mol. The highest BCUT2D eigenvalue weighted by Gasteiger charge is 2.20. The lowest BCUT2D eigenvalue weighted by atomic mass is 10.1. The lowest BCUT2D eigenvalue weighted by Crippen LogP contribution is -2.25. The first-order valence-corrected chi connectivity index (χ1v) is 12.5. The molecule has 3 aromatic carbocycles. The molecule has 0 atom stereocenters. The average molecular weight is 538 g/mol. The number of anilines is 1. The first kappa shape index (κ1) is 23.5. The number of carbonyl (C=O) groups excluding carboxylic acids is 1. The van der Waals surface area contributed by atoms with Crippen LogP contribution in [-0.4, -0.2) is 19.3 Å². The lowest BCUT2D eigenvalue weighted by Gasteiger charge is -2.15. The Hall–Kier alpha value is -3.69. The van der Waals surface area contributed by atoms with E-state index in [1.807, 2.05) is 42.5 Å². The number of amides is 1. The zero-order chi connectivity index (χ0) is 24.0. The second-order valence-corrected chi connectivity index (χ2v) is 9.83. The Morgan fingerprint density at radius 3 is 2.44 bits per heavy atom. The summed E-state index contributed by atoms with van der Waals surface area (Å²) in [5.41, 5.74) is 1.15. The van der Waals surface area contributed by atoms with E-state index in [4.69, 9.17) is 4.74 Å². The van der Waals surface area contributed by atoms with Gasteiger partial charge < -0.3 is 10.1 Å². The lowest BCUT2D eigenvalue weighted by molar-refractivity contribution is 0.0951. The van der Waals surface area contributed by atoms with Crippen LogP contribution in [0.3, 0.4) is 0 Å². The number of aromatic nitrogens is 1. The molecule has 1 aromatic heterocycles. The van der Waals surface area contributed by atoms with Crippen LogP contribution in [0, 0.1) is 0 Å². The molecule has 172 valence electrons. The van der Waals surface area contributed by atoms with Crippen molar-refractivity contribution < 1.29 is 17.9 Å². The highest BCUT2D eigenvalue weighted by molar-refractivity contribution is 9.10. The van der Waals surface area contributed by atoms with Crippen molar-refractivity contribution >= 4 is 37.5 Å². The van der Waals surface area contributed by atoms with E-state index < -0.39 is 15.9 Å². The van der Waals surface area contributed by atoms with E-state index in [0.717, 1.165) is 10.0 Å². The third-order valence-electron chi connectivity index (χ3n) is 4.75. The van der Waals surface area contributed by atoms with Crippen molar-refractivity contribution in [2.24, 2.45) is 0 Å². The fraction of sp³-hybridized carbons (Fsp3) is 0.0400. The minimum Gasteiger partial charge on any atom is -0.457 e. The quantitative estimate of drug-likeness (QED) is 0.315. The van der Waals surface area contributed by atoms with Crippen LogP contribution in [0.15, 0.2) is 107 Å². The molecule has 0 aliphatic carbocycles. The first-order valence-electron chi connectivity index (χ1n) is 10.2. The summed E-state index contributed by atoms with van der Waals surface area (Å²) in [7, 11) is -3.95. The van der Waals surface area contributed by atoms with Crippen molar-refractivity contribution in [1.82, 2.24) is 10.3 Å². The monoisotopic (exact) mass is 537 g/mol. The third-order valence-corrected chi connectivity index (χ3v) is 6.60. The van der Waals surface area contributed by atoms with Crippen molar-refractivity contribution in [3.63, 3.8) is 0 Å². The van der Waals surface area contributed by atoms with Crippen LogP contribution in [0.5, 0.6) is 11.5 Å². The number of hydrogen-bond acceptors (Lipinski definition) is 5. The van der Waals surface area contributed by atoms with Crippen LogP contribution in [0.2, 0.25) is 0 Å². The van der Waals surface area contributed by atoms with Gasteiger partial charge in [0, 0.05) is 23.4 Å². The second kappa shape index (κ2) is 10.5. The number of benzene rings is 3. The highest BCUT2D eigenvalue weighted by atomic mass is 79.9. The summed E-state index contributed by atoms with van der Waals surface area (Å²) >= 11 is 3.40. The van der Waals surface area contributed by atoms with Crippen LogP contribution >= 0.6 is 15.9 Å². The van der Waals surface area contributed by atoms with Gasteiger partial charge in [0.25, 0.3) is 15.9 Å². The molecule has 4 aromatic rings. The molecule has 0 radical (unpaired) electrons. The van der Waals surface area contributed by atoms with Gasteiger partial charge in [-0.1, -0.05) is 52.3 Å². The highest BCUT2D eigenvalue weighted by Crippen LogP contribution is 2.29. The number of sulfonamides is 1. The number of nitrogens with zero attached hydrogens (tertiary/aromatic N) is 1. The predicted octanol–water partition coefficient (Wildman–Crippen LogP) is 5.37. The maximum absolute atomic E-state index is 13.1. The zero-order valence-electron chi connectivity index (χ0n) is 17.8. The molecule has 34 heavy (non-hydrogen) atoms. The smallest absolute Gasteiger partial charge is 0.263 e. The van der Waals surface area contributed by atoms with Crippen LogP contribution in [0.25, 0.3) is 0 Å². The number of pyridine rings is 1. The minimum absolute atomic E-state index is 0.0138. The summed E-state index contributed by atoms with van der Waals surface area (Å²) < 4.78 is 34.9. The van der Waals surface area contributed by atoms with E-state index in [1.165, 1.54) is 36.7 Å². The summed E-state index contributed by atoms with van der Waals surface area (Å²) in [6.45, 7) is 0.283. The van der Waals surface area contributed by atoms with E-state index in [-0.39, 0.29) is 22.7 Å². The van der Waals surface area contributed by atoms with Gasteiger partial charge in [-0.15, -0.1) is 0 Å². The zero-order valence-corrected chi connectivity index (χ0v) is 20.2. The van der Waals surface area contributed by atoms with Crippen molar-refractivity contribution in [1.29, 1.82) is 0 Å². The molecule has 0 aliphatic rings. The Kier molecular flexibility index (Phi) is 7.24. The molecule has 7 nitrogen and oxygen atoms in total. The van der Waals surface area contributed by atoms with E-state index in [0.29, 0.717) is 11.5 Å². The van der Waals surface area contributed by atoms with Crippen LogP contribution in [0.1, 0.15) is 15.9 Å². The number of hydrogen-bond donors (Lipinski definition) is 2. The molecule has 4 rings (SSSR count). The first-order chi connectivity index (χ1) is 16.4. The van der Waals surface area contributed by atoms with Gasteiger partial charge in [0.15, 0.2) is 0 Å². The SMILES string of the molecule is O=C(NCc1ccccc1)c1cc(Oc2cccc(Br)c2)ccc1NS(=O)(=O)c1cccnc1. The minimum atomic E-state index is -3.95. The second-order valence-electron chi connectivity index (χ2n) is 7.23. The Labute approximate surface area is 206 Å². The van der Waals surface area contributed by atoms with E-state index in [2.05, 4.69) is 31.0 Å². The molecule has 2 N–H and O–H groups in total. The Balaban J connectivity index is 1.64. The van der Waals surface area contributed by atoms with Crippen LogP contribution in [-0.2, 0) is 16.6 Å². The van der Waals surface area contributed by atoms with Gasteiger partial charge in [-0.3, -0.25) is 14.5 Å². The topological polar surface area (TPSA) is 97.4 Å². The van der Waals surface area contributed by atoms with Crippen molar-refractivity contribution in [3.05, 3.63) is 113 Å². The van der Waals surface area contributed by atoms with Crippen LogP contribution < -0.4 is 14.8 Å². The molecule has 1 heterocycles. The molecular formula is C25H20BrN3O4S. The number of nitrogens with one attached hydrogen (secondary N) is 2. The fourth-order valence-electron chi connectivity index (χ4n) is 3.11. The van der Waals surface area contributed by atoms with Gasteiger partial charge in [0.2, 0.25) is 0 Å². The maximum Gasteiger partial charge on any atom is 0.263 e. The van der Waals surface area contributed by atoms with E-state index in [1.54, 1.807) is 18.2 Å². The Bertz CT molecular complexity index is 1400. The molecule has 0 fully saturated rings. The molecule has 0 saturated carbocycles. The normalized spacial score (nSPS) is 11.0. The maximum atomic E-state index is 13.1. The number of ether oxygens (including phenoxy) is 1. The van der Waals surface area contributed by atoms with Gasteiger partial charge in [-0.05, 0) is 54.1 Å². The molecule has 0 bridgehead atoms. The molecule has 9 heteroatoms. The molecule has 1 amide bonds. The van der Waals surface area contributed by atoms with Gasteiger partial charge in [0.1, 0.15) is 16.4 Å². The van der Waals surface area contributed by atoms with Crippen molar-refractivity contribution in [2.45, 2.75) is 11.4 Å². The van der Waals surface area contributed by atoms with Crippen LogP contribution in [0.4, 0.5) is 5.69 Å². The number of halogens is 1. The fourth-order valence-corrected chi connectivity index (χ4v) is 4.53.